The average molecular weight is 235 g/mol. The molecule has 0 spiro atoms. The van der Waals surface area contributed by atoms with Crippen LogP contribution < -0.4 is 5.73 Å². The molecule has 16 heavy (non-hydrogen) atoms. The third-order valence-electron chi connectivity index (χ3n) is 2.36. The fourth-order valence-corrected chi connectivity index (χ4v) is 2.54. The lowest BCUT2D eigenvalue weighted by Gasteiger charge is -2.15. The van der Waals surface area contributed by atoms with Crippen molar-refractivity contribution < 1.29 is 0 Å². The molecule has 0 aliphatic rings. The predicted molar refractivity (Wildman–Crippen MR) is 68.6 cm³/mol. The molecule has 0 saturated carbocycles. The molecule has 0 saturated heterocycles. The minimum Gasteiger partial charge on any atom is -0.341 e. The number of hydrogen-bond acceptors (Lipinski definition) is 3. The highest BCUT2D eigenvalue weighted by Crippen LogP contribution is 2.27. The summed E-state index contributed by atoms with van der Waals surface area (Å²) in [6.45, 7) is 6.12. The number of nitrogens with one attached hydrogen (secondary N) is 1. The Morgan fingerprint density at radius 1 is 1.50 bits per heavy atom. The van der Waals surface area contributed by atoms with Gasteiger partial charge in [0, 0.05) is 12.0 Å². The second-order valence-corrected chi connectivity index (χ2v) is 5.76. The second-order valence-electron chi connectivity index (χ2n) is 4.84. The minimum atomic E-state index is -0.223. The summed E-state index contributed by atoms with van der Waals surface area (Å²) in [5.41, 5.74) is 8.12. The highest BCUT2D eigenvalue weighted by molar-refractivity contribution is 7.13. The van der Waals surface area contributed by atoms with Gasteiger partial charge in [0.25, 0.3) is 0 Å². The molecule has 0 unspecified atom stereocenters. The van der Waals surface area contributed by atoms with Gasteiger partial charge < -0.3 is 10.7 Å². The lowest BCUT2D eigenvalue weighted by atomic mass is 10.0. The molecule has 2 heterocycles. The maximum absolute atomic E-state index is 5.97. The molecule has 0 aliphatic heterocycles. The number of aryl methyl sites for hydroxylation is 1. The molecule has 2 rings (SSSR count). The van der Waals surface area contributed by atoms with Crippen LogP contribution in [0, 0.1) is 6.92 Å². The molecule has 4 heteroatoms. The number of aromatic nitrogens is 2. The maximum atomic E-state index is 5.97. The van der Waals surface area contributed by atoms with Crippen molar-refractivity contribution in [1.29, 1.82) is 0 Å². The third-order valence-corrected chi connectivity index (χ3v) is 3.41. The van der Waals surface area contributed by atoms with Gasteiger partial charge in [0.2, 0.25) is 0 Å². The molecule has 3 nitrogen and oxygen atoms in total. The molecular weight excluding hydrogens is 218 g/mol. The summed E-state index contributed by atoms with van der Waals surface area (Å²) in [6.07, 6.45) is 2.65. The average Bonchev–Trinajstić information content (AvgIpc) is 2.71. The zero-order chi connectivity index (χ0) is 11.8. The fourth-order valence-electron chi connectivity index (χ4n) is 1.65. The molecular formula is C12H17N3S. The van der Waals surface area contributed by atoms with Crippen molar-refractivity contribution in [2.45, 2.75) is 32.7 Å². The van der Waals surface area contributed by atoms with E-state index < -0.39 is 0 Å². The molecule has 0 aromatic carbocycles. The van der Waals surface area contributed by atoms with Crippen LogP contribution in [0.25, 0.3) is 10.6 Å². The number of thiophene rings is 1. The number of nitrogens with zero attached hydrogens (tertiary/aromatic N) is 1. The quantitative estimate of drug-likeness (QED) is 0.859. The van der Waals surface area contributed by atoms with Crippen molar-refractivity contribution in [2.75, 3.05) is 0 Å². The highest BCUT2D eigenvalue weighted by Gasteiger charge is 2.15. The van der Waals surface area contributed by atoms with E-state index in [-0.39, 0.29) is 5.54 Å². The summed E-state index contributed by atoms with van der Waals surface area (Å²) in [6, 6.07) is 2.12. The van der Waals surface area contributed by atoms with Gasteiger partial charge in [0.15, 0.2) is 0 Å². The molecule has 0 radical (unpaired) electrons. The Kier molecular flexibility index (Phi) is 2.86. The first kappa shape index (κ1) is 11.4. The Morgan fingerprint density at radius 2 is 2.25 bits per heavy atom. The van der Waals surface area contributed by atoms with Crippen LogP contribution in [0.1, 0.15) is 25.2 Å². The van der Waals surface area contributed by atoms with Crippen molar-refractivity contribution in [3.8, 4) is 10.6 Å². The van der Waals surface area contributed by atoms with E-state index in [0.29, 0.717) is 0 Å². The number of nitrogens with two attached hydrogens (primary N) is 1. The molecule has 3 N–H and O–H groups in total. The fraction of sp³-hybridized carbons (Fsp3) is 0.417. The zero-order valence-electron chi connectivity index (χ0n) is 9.87. The Balaban J connectivity index is 2.24. The summed E-state index contributed by atoms with van der Waals surface area (Å²) in [4.78, 5) is 8.96. The van der Waals surface area contributed by atoms with E-state index in [1.54, 1.807) is 11.3 Å². The number of rotatable bonds is 3. The Bertz CT molecular complexity index is 476. The molecule has 0 fully saturated rings. The van der Waals surface area contributed by atoms with Gasteiger partial charge in [-0.3, -0.25) is 0 Å². The summed E-state index contributed by atoms with van der Waals surface area (Å²) < 4.78 is 0. The summed E-state index contributed by atoms with van der Waals surface area (Å²) >= 11 is 1.73. The Hall–Kier alpha value is -1.13. The maximum Gasteiger partial charge on any atom is 0.108 e. The molecule has 0 aliphatic carbocycles. The lowest BCUT2D eigenvalue weighted by molar-refractivity contribution is 0.505. The summed E-state index contributed by atoms with van der Waals surface area (Å²) in [5.74, 6) is 0.954. The first-order chi connectivity index (χ1) is 7.46. The minimum absolute atomic E-state index is 0.223. The SMILES string of the molecule is Cc1ccsc1-c1cnc(CC(C)(C)N)[nH]1. The van der Waals surface area contributed by atoms with E-state index in [1.807, 2.05) is 20.0 Å². The highest BCUT2D eigenvalue weighted by atomic mass is 32.1. The molecule has 0 amide bonds. The third kappa shape index (κ3) is 2.51. The molecule has 0 bridgehead atoms. The van der Waals surface area contributed by atoms with Gasteiger partial charge in [-0.25, -0.2) is 4.98 Å². The van der Waals surface area contributed by atoms with Gasteiger partial charge in [0.1, 0.15) is 5.82 Å². The topological polar surface area (TPSA) is 54.7 Å². The van der Waals surface area contributed by atoms with Crippen LogP contribution in [0.4, 0.5) is 0 Å². The summed E-state index contributed by atoms with van der Waals surface area (Å²) in [7, 11) is 0. The van der Waals surface area contributed by atoms with Crippen LogP contribution in [0.2, 0.25) is 0 Å². The van der Waals surface area contributed by atoms with Gasteiger partial charge >= 0.3 is 0 Å². The van der Waals surface area contributed by atoms with E-state index in [4.69, 9.17) is 5.73 Å². The lowest BCUT2D eigenvalue weighted by Crippen LogP contribution is -2.34. The van der Waals surface area contributed by atoms with Crippen molar-refractivity contribution in [1.82, 2.24) is 9.97 Å². The van der Waals surface area contributed by atoms with Crippen LogP contribution in [-0.4, -0.2) is 15.5 Å². The monoisotopic (exact) mass is 235 g/mol. The van der Waals surface area contributed by atoms with Gasteiger partial charge in [-0.1, -0.05) is 0 Å². The van der Waals surface area contributed by atoms with E-state index in [2.05, 4.69) is 28.3 Å². The number of aromatic amines is 1. The molecule has 86 valence electrons. The molecule has 2 aromatic rings. The van der Waals surface area contributed by atoms with Crippen molar-refractivity contribution >= 4 is 11.3 Å². The second kappa shape index (κ2) is 4.03. The molecule has 2 aromatic heterocycles. The largest absolute Gasteiger partial charge is 0.341 e. The normalized spacial score (nSPS) is 12.0. The van der Waals surface area contributed by atoms with E-state index >= 15 is 0 Å². The van der Waals surface area contributed by atoms with E-state index in [9.17, 15) is 0 Å². The van der Waals surface area contributed by atoms with Crippen molar-refractivity contribution in [2.24, 2.45) is 5.73 Å². The summed E-state index contributed by atoms with van der Waals surface area (Å²) in [5, 5.41) is 2.10. The van der Waals surface area contributed by atoms with Crippen LogP contribution >= 0.6 is 11.3 Å². The van der Waals surface area contributed by atoms with Gasteiger partial charge in [0.05, 0.1) is 16.8 Å². The first-order valence-electron chi connectivity index (χ1n) is 5.33. The number of imidazole rings is 1. The number of hydrogen-bond donors (Lipinski definition) is 2. The Labute approximate surface area is 99.7 Å². The first-order valence-corrected chi connectivity index (χ1v) is 6.21. The predicted octanol–water partition coefficient (Wildman–Crippen LogP) is 2.73. The zero-order valence-corrected chi connectivity index (χ0v) is 10.7. The standard InChI is InChI=1S/C12H17N3S/c1-8-4-5-16-11(8)9-7-14-10(15-9)6-12(2,3)13/h4-5,7H,6,13H2,1-3H3,(H,14,15). The van der Waals surface area contributed by atoms with E-state index in [0.717, 1.165) is 17.9 Å². The van der Waals surface area contributed by atoms with Gasteiger partial charge in [-0.2, -0.15) is 0 Å². The molecule has 0 atom stereocenters. The number of H-pyrrole nitrogens is 1. The van der Waals surface area contributed by atoms with Gasteiger partial charge in [-0.15, -0.1) is 11.3 Å². The van der Waals surface area contributed by atoms with E-state index in [1.165, 1.54) is 10.4 Å². The van der Waals surface area contributed by atoms with Crippen molar-refractivity contribution in [3.63, 3.8) is 0 Å². The van der Waals surface area contributed by atoms with Crippen LogP contribution in [0.15, 0.2) is 17.6 Å². The van der Waals surface area contributed by atoms with Crippen molar-refractivity contribution in [3.05, 3.63) is 29.0 Å². The Morgan fingerprint density at radius 3 is 2.81 bits per heavy atom. The van der Waals surface area contributed by atoms with Gasteiger partial charge in [-0.05, 0) is 37.8 Å². The smallest absolute Gasteiger partial charge is 0.108 e. The van der Waals surface area contributed by atoms with Crippen LogP contribution in [0.5, 0.6) is 0 Å². The van der Waals surface area contributed by atoms with Crippen LogP contribution in [0.3, 0.4) is 0 Å². The van der Waals surface area contributed by atoms with Crippen LogP contribution in [-0.2, 0) is 6.42 Å².